The first-order chi connectivity index (χ1) is 14.5. The summed E-state index contributed by atoms with van der Waals surface area (Å²) < 4.78 is 1.18. The average Bonchev–Trinajstić information content (AvgIpc) is 3.47. The van der Waals surface area contributed by atoms with E-state index in [9.17, 15) is 5.11 Å². The summed E-state index contributed by atoms with van der Waals surface area (Å²) >= 11 is 1.72. The second kappa shape index (κ2) is 7.41. The molecule has 7 heteroatoms. The van der Waals surface area contributed by atoms with Crippen LogP contribution in [0.25, 0.3) is 32.5 Å². The predicted octanol–water partition coefficient (Wildman–Crippen LogP) is 4.53. The topological polar surface area (TPSA) is 71.2 Å². The number of thiophene rings is 1. The van der Waals surface area contributed by atoms with Crippen molar-refractivity contribution in [3.8, 4) is 11.4 Å². The zero-order valence-electron chi connectivity index (χ0n) is 17.8. The lowest BCUT2D eigenvalue weighted by molar-refractivity contribution is 0.0285. The molecule has 3 N–H and O–H groups in total. The number of hydrogen-bond donors (Lipinski definition) is 3. The van der Waals surface area contributed by atoms with Gasteiger partial charge in [-0.2, -0.15) is 5.10 Å². The molecule has 0 bridgehead atoms. The van der Waals surface area contributed by atoms with Gasteiger partial charge in [-0.05, 0) is 43.0 Å². The van der Waals surface area contributed by atoms with Gasteiger partial charge in [0.1, 0.15) is 5.69 Å². The molecular weight excluding hydrogens is 394 g/mol. The first-order valence-electron chi connectivity index (χ1n) is 10.8. The molecule has 0 unspecified atom stereocenters. The van der Waals surface area contributed by atoms with E-state index in [2.05, 4.69) is 61.7 Å². The van der Waals surface area contributed by atoms with Crippen molar-refractivity contribution >= 4 is 38.1 Å². The van der Waals surface area contributed by atoms with Gasteiger partial charge in [-0.3, -0.25) is 5.10 Å². The fraction of sp³-hybridized carbons (Fsp3) is 0.435. The van der Waals surface area contributed by atoms with Crippen LogP contribution in [0, 0.1) is 0 Å². The maximum absolute atomic E-state index is 11.1. The van der Waals surface area contributed by atoms with Crippen molar-refractivity contribution in [2.75, 3.05) is 38.1 Å². The number of rotatable bonds is 5. The van der Waals surface area contributed by atoms with E-state index in [0.29, 0.717) is 12.8 Å². The predicted molar refractivity (Wildman–Crippen MR) is 125 cm³/mol. The van der Waals surface area contributed by atoms with Gasteiger partial charge >= 0.3 is 0 Å². The number of likely N-dealkylation sites (N-methyl/N-ethyl adjacent to an activating group) is 1. The second-order valence-corrected chi connectivity index (χ2v) is 9.29. The Morgan fingerprint density at radius 2 is 1.87 bits per heavy atom. The molecule has 30 heavy (non-hydrogen) atoms. The minimum absolute atomic E-state index is 0.697. The van der Waals surface area contributed by atoms with Crippen LogP contribution in [0.2, 0.25) is 0 Å². The monoisotopic (exact) mass is 423 g/mol. The van der Waals surface area contributed by atoms with Crippen LogP contribution >= 0.6 is 11.3 Å². The van der Waals surface area contributed by atoms with Crippen molar-refractivity contribution < 1.29 is 5.11 Å². The number of aromatic nitrogens is 3. The molecule has 1 aromatic carbocycles. The summed E-state index contributed by atoms with van der Waals surface area (Å²) in [5.74, 6) is 0. The van der Waals surface area contributed by atoms with Crippen molar-refractivity contribution in [2.24, 2.45) is 0 Å². The lowest BCUT2D eigenvalue weighted by Crippen LogP contribution is -2.44. The lowest BCUT2D eigenvalue weighted by Gasteiger charge is -2.34. The lowest BCUT2D eigenvalue weighted by atomic mass is 9.88. The van der Waals surface area contributed by atoms with Gasteiger partial charge in [0.15, 0.2) is 0 Å². The Kier molecular flexibility index (Phi) is 4.84. The minimum atomic E-state index is -0.791. The summed E-state index contributed by atoms with van der Waals surface area (Å²) in [5, 5.41) is 22.2. The summed E-state index contributed by atoms with van der Waals surface area (Å²) in [4.78, 5) is 8.53. The smallest absolute Gasteiger partial charge is 0.128 e. The van der Waals surface area contributed by atoms with Gasteiger partial charge < -0.3 is 19.9 Å². The van der Waals surface area contributed by atoms with E-state index >= 15 is 0 Å². The Morgan fingerprint density at radius 1 is 1.10 bits per heavy atom. The van der Waals surface area contributed by atoms with E-state index in [0.717, 1.165) is 54.2 Å². The quantitative estimate of drug-likeness (QED) is 0.441. The number of piperazine rings is 1. The summed E-state index contributed by atoms with van der Waals surface area (Å²) in [6, 6.07) is 8.48. The molecule has 0 spiro atoms. The summed E-state index contributed by atoms with van der Waals surface area (Å²) in [7, 11) is 2.18. The second-order valence-electron chi connectivity index (χ2n) is 8.37. The number of aromatic amines is 2. The van der Waals surface area contributed by atoms with Gasteiger partial charge in [0.25, 0.3) is 0 Å². The van der Waals surface area contributed by atoms with E-state index in [-0.39, 0.29) is 0 Å². The van der Waals surface area contributed by atoms with Gasteiger partial charge in [-0.1, -0.05) is 26.0 Å². The van der Waals surface area contributed by atoms with Crippen LogP contribution in [0.4, 0.5) is 5.69 Å². The number of aliphatic hydroxyl groups is 1. The van der Waals surface area contributed by atoms with Crippen LogP contribution in [0.5, 0.6) is 0 Å². The molecule has 3 aromatic heterocycles. The highest BCUT2D eigenvalue weighted by molar-refractivity contribution is 7.17. The zero-order chi connectivity index (χ0) is 20.9. The van der Waals surface area contributed by atoms with Gasteiger partial charge in [-0.15, -0.1) is 11.3 Å². The molecule has 1 aliphatic rings. The molecule has 0 amide bonds. The number of nitrogens with zero attached hydrogens (tertiary/aromatic N) is 3. The van der Waals surface area contributed by atoms with Crippen LogP contribution in [-0.4, -0.2) is 58.4 Å². The SMILES string of the molecule is CCC(O)(CC)c1ccc2c(N3CCN(C)CC3)c(-c3n[nH]c4ccsc34)[nH]c2c1. The maximum atomic E-state index is 11.1. The summed E-state index contributed by atoms with van der Waals surface area (Å²) in [6.07, 6.45) is 1.39. The molecule has 1 saturated heterocycles. The molecule has 0 radical (unpaired) electrons. The summed E-state index contributed by atoms with van der Waals surface area (Å²) in [5.41, 5.74) is 5.59. The van der Waals surface area contributed by atoms with Crippen molar-refractivity contribution in [1.82, 2.24) is 20.1 Å². The van der Waals surface area contributed by atoms with Crippen molar-refractivity contribution in [3.05, 3.63) is 35.2 Å². The van der Waals surface area contributed by atoms with Gasteiger partial charge in [-0.25, -0.2) is 0 Å². The highest BCUT2D eigenvalue weighted by atomic mass is 32.1. The molecule has 6 nitrogen and oxygen atoms in total. The standard InChI is InChI=1S/C23H29N5OS/c1-4-23(29,5-2)15-6-7-16-18(14-15)24-19(20-22-17(25-26-20)8-13-30-22)21(16)28-11-9-27(3)10-12-28/h6-8,13-14,24,29H,4-5,9-12H2,1-3H3,(H,25,26). The molecule has 5 rings (SSSR count). The van der Waals surface area contributed by atoms with Crippen LogP contribution < -0.4 is 4.90 Å². The van der Waals surface area contributed by atoms with Crippen molar-refractivity contribution in [2.45, 2.75) is 32.3 Å². The fourth-order valence-corrected chi connectivity index (χ4v) is 5.42. The first-order valence-corrected chi connectivity index (χ1v) is 11.7. The Hall–Kier alpha value is -2.35. The molecule has 0 saturated carbocycles. The average molecular weight is 424 g/mol. The largest absolute Gasteiger partial charge is 0.385 e. The number of benzene rings is 1. The van der Waals surface area contributed by atoms with Crippen LogP contribution in [-0.2, 0) is 5.60 Å². The van der Waals surface area contributed by atoms with Crippen LogP contribution in [0.1, 0.15) is 32.3 Å². The number of hydrogen-bond acceptors (Lipinski definition) is 5. The molecule has 158 valence electrons. The fourth-order valence-electron chi connectivity index (χ4n) is 4.58. The summed E-state index contributed by atoms with van der Waals surface area (Å²) in [6.45, 7) is 8.16. The van der Waals surface area contributed by atoms with Crippen LogP contribution in [0.3, 0.4) is 0 Å². The highest BCUT2D eigenvalue weighted by Crippen LogP contribution is 2.42. The van der Waals surface area contributed by atoms with Crippen molar-refractivity contribution in [1.29, 1.82) is 0 Å². The Balaban J connectivity index is 1.71. The van der Waals surface area contributed by atoms with Crippen LogP contribution in [0.15, 0.2) is 29.6 Å². The number of anilines is 1. The van der Waals surface area contributed by atoms with E-state index in [1.165, 1.54) is 15.8 Å². The normalized spacial score (nSPS) is 16.2. The number of nitrogens with one attached hydrogen (secondary N) is 2. The third kappa shape index (κ3) is 3.04. The van der Waals surface area contributed by atoms with E-state index in [1.807, 2.05) is 13.8 Å². The van der Waals surface area contributed by atoms with E-state index in [4.69, 9.17) is 0 Å². The molecular formula is C23H29N5OS. The Labute approximate surface area is 180 Å². The van der Waals surface area contributed by atoms with Gasteiger partial charge in [0, 0.05) is 37.1 Å². The zero-order valence-corrected chi connectivity index (χ0v) is 18.6. The number of H-pyrrole nitrogens is 2. The molecule has 1 aliphatic heterocycles. The first kappa shape index (κ1) is 19.6. The Morgan fingerprint density at radius 3 is 2.60 bits per heavy atom. The van der Waals surface area contributed by atoms with Crippen molar-refractivity contribution in [3.63, 3.8) is 0 Å². The number of fused-ring (bicyclic) bond motifs is 2. The highest BCUT2D eigenvalue weighted by Gasteiger charge is 2.28. The molecule has 1 fully saturated rings. The van der Waals surface area contributed by atoms with E-state index in [1.54, 1.807) is 11.3 Å². The molecule has 0 aliphatic carbocycles. The third-order valence-corrected chi connectivity index (χ3v) is 7.62. The molecule has 0 atom stereocenters. The molecule has 4 aromatic rings. The van der Waals surface area contributed by atoms with E-state index < -0.39 is 5.60 Å². The third-order valence-electron chi connectivity index (χ3n) is 6.70. The van der Waals surface area contributed by atoms with Gasteiger partial charge in [0.05, 0.1) is 27.2 Å². The minimum Gasteiger partial charge on any atom is -0.385 e. The maximum Gasteiger partial charge on any atom is 0.128 e. The van der Waals surface area contributed by atoms with Gasteiger partial charge in [0.2, 0.25) is 0 Å². The Bertz CT molecular complexity index is 1180. The molecule has 4 heterocycles.